The van der Waals surface area contributed by atoms with Crippen molar-refractivity contribution in [2.45, 2.75) is 75.6 Å². The van der Waals surface area contributed by atoms with Crippen LogP contribution in [0.25, 0.3) is 0 Å². The predicted octanol–water partition coefficient (Wildman–Crippen LogP) is 5.55. The fourth-order valence-electron chi connectivity index (χ4n) is 5.44. The topological polar surface area (TPSA) is 50.4 Å². The molecular formula is C28H36F2N2O2S. The zero-order valence-corrected chi connectivity index (χ0v) is 21.3. The van der Waals surface area contributed by atoms with Crippen LogP contribution in [0.4, 0.5) is 8.78 Å². The number of nitrogens with one attached hydrogen (secondary N) is 2. The molecule has 0 spiro atoms. The van der Waals surface area contributed by atoms with Gasteiger partial charge < -0.3 is 15.4 Å². The summed E-state index contributed by atoms with van der Waals surface area (Å²) in [6, 6.07) is 9.78. The first-order chi connectivity index (χ1) is 16.9. The van der Waals surface area contributed by atoms with E-state index in [1.54, 1.807) is 0 Å². The van der Waals surface area contributed by atoms with Crippen molar-refractivity contribution in [3.05, 3.63) is 64.7 Å². The van der Waals surface area contributed by atoms with E-state index in [1.165, 1.54) is 62.3 Å². The van der Waals surface area contributed by atoms with Gasteiger partial charge in [-0.15, -0.1) is 0 Å². The highest BCUT2D eigenvalue weighted by atomic mass is 32.1. The second-order valence-corrected chi connectivity index (χ2v) is 10.7. The number of carbonyl (C=O) groups is 1. The predicted molar refractivity (Wildman–Crippen MR) is 138 cm³/mol. The molecule has 2 aliphatic rings. The molecule has 2 aromatic rings. The molecule has 0 aromatic heterocycles. The van der Waals surface area contributed by atoms with Crippen molar-refractivity contribution < 1.29 is 18.3 Å². The third-order valence-electron chi connectivity index (χ3n) is 7.17. The SMILES string of the molecule is CC(=O)N[C@@H](Cc1cc(F)cc(F)c1)[C@@H](S)CN[C@H]1CCOc2ccc(CC3CCCCC3)cc21. The molecule has 1 aliphatic carbocycles. The van der Waals surface area contributed by atoms with E-state index in [-0.39, 0.29) is 23.2 Å². The van der Waals surface area contributed by atoms with Crippen LogP contribution in [0.15, 0.2) is 36.4 Å². The lowest BCUT2D eigenvalue weighted by Crippen LogP contribution is -2.46. The molecule has 1 heterocycles. The van der Waals surface area contributed by atoms with Crippen LogP contribution in [0, 0.1) is 17.6 Å². The first-order valence-corrected chi connectivity index (χ1v) is 13.3. The maximum atomic E-state index is 13.7. The summed E-state index contributed by atoms with van der Waals surface area (Å²) in [6.45, 7) is 2.61. The van der Waals surface area contributed by atoms with E-state index in [0.29, 0.717) is 25.1 Å². The maximum Gasteiger partial charge on any atom is 0.217 e. The van der Waals surface area contributed by atoms with Crippen LogP contribution < -0.4 is 15.4 Å². The Hall–Kier alpha value is -2.12. The van der Waals surface area contributed by atoms with E-state index in [2.05, 4.69) is 28.8 Å². The minimum absolute atomic E-state index is 0.129. The Morgan fingerprint density at radius 3 is 2.51 bits per heavy atom. The minimum atomic E-state index is -0.627. The maximum absolute atomic E-state index is 13.7. The van der Waals surface area contributed by atoms with Crippen LogP contribution in [0.3, 0.4) is 0 Å². The van der Waals surface area contributed by atoms with Crippen molar-refractivity contribution in [1.82, 2.24) is 10.6 Å². The molecule has 3 atom stereocenters. The molecule has 4 nitrogen and oxygen atoms in total. The standard InChI is InChI=1S/C28H36F2N2O2S/c1-18(33)32-26(15-21-12-22(29)16-23(30)13-21)28(35)17-31-25-9-10-34-27-8-7-20(14-24(25)27)11-19-5-3-2-4-6-19/h7-8,12-14,16,19,25-26,28,31,35H,2-6,9-11,15,17H2,1H3,(H,32,33)/t25-,26-,28-/m0/s1. The normalized spacial score (nSPS) is 19.9. The van der Waals surface area contributed by atoms with Crippen LogP contribution >= 0.6 is 12.6 Å². The van der Waals surface area contributed by atoms with Gasteiger partial charge in [0.15, 0.2) is 0 Å². The van der Waals surface area contributed by atoms with E-state index in [0.717, 1.165) is 30.6 Å². The van der Waals surface area contributed by atoms with Crippen molar-refractivity contribution in [1.29, 1.82) is 0 Å². The highest BCUT2D eigenvalue weighted by molar-refractivity contribution is 7.81. The molecule has 1 aliphatic heterocycles. The number of hydrogen-bond donors (Lipinski definition) is 3. The Kier molecular flexibility index (Phi) is 9.06. The highest BCUT2D eigenvalue weighted by Gasteiger charge is 2.26. The van der Waals surface area contributed by atoms with Gasteiger partial charge in [0.1, 0.15) is 17.4 Å². The lowest BCUT2D eigenvalue weighted by Gasteiger charge is -2.31. The summed E-state index contributed by atoms with van der Waals surface area (Å²) in [5.74, 6) is 0.238. The zero-order chi connectivity index (χ0) is 24.8. The Morgan fingerprint density at radius 2 is 1.80 bits per heavy atom. The van der Waals surface area contributed by atoms with E-state index in [9.17, 15) is 13.6 Å². The van der Waals surface area contributed by atoms with Gasteiger partial charge in [0.2, 0.25) is 5.91 Å². The van der Waals surface area contributed by atoms with Crippen LogP contribution in [0.2, 0.25) is 0 Å². The smallest absolute Gasteiger partial charge is 0.217 e. The van der Waals surface area contributed by atoms with E-state index >= 15 is 0 Å². The quantitative estimate of drug-likeness (QED) is 0.394. The third kappa shape index (κ3) is 7.43. The van der Waals surface area contributed by atoms with Gasteiger partial charge in [-0.05, 0) is 48.1 Å². The lowest BCUT2D eigenvalue weighted by molar-refractivity contribution is -0.119. The average Bonchev–Trinajstić information content (AvgIpc) is 2.82. The van der Waals surface area contributed by atoms with Gasteiger partial charge in [0.25, 0.3) is 0 Å². The Morgan fingerprint density at radius 1 is 1.06 bits per heavy atom. The van der Waals surface area contributed by atoms with Gasteiger partial charge in [-0.3, -0.25) is 4.79 Å². The molecule has 1 saturated carbocycles. The van der Waals surface area contributed by atoms with Gasteiger partial charge in [0, 0.05) is 48.9 Å². The fraction of sp³-hybridized carbons (Fsp3) is 0.536. The lowest BCUT2D eigenvalue weighted by atomic mass is 9.84. The number of fused-ring (bicyclic) bond motifs is 1. The number of hydrogen-bond acceptors (Lipinski definition) is 4. The van der Waals surface area contributed by atoms with Gasteiger partial charge in [0.05, 0.1) is 6.61 Å². The van der Waals surface area contributed by atoms with Crippen molar-refractivity contribution in [3.63, 3.8) is 0 Å². The summed E-state index contributed by atoms with van der Waals surface area (Å²) in [6.07, 6.45) is 8.92. The first kappa shape index (κ1) is 26.0. The number of thiol groups is 1. The van der Waals surface area contributed by atoms with Crippen molar-refractivity contribution in [3.8, 4) is 5.75 Å². The van der Waals surface area contributed by atoms with Crippen LogP contribution in [0.1, 0.15) is 68.2 Å². The zero-order valence-electron chi connectivity index (χ0n) is 20.4. The summed E-state index contributed by atoms with van der Waals surface area (Å²) < 4.78 is 33.3. The molecule has 190 valence electrons. The van der Waals surface area contributed by atoms with Crippen LogP contribution in [-0.4, -0.2) is 30.4 Å². The number of benzene rings is 2. The molecule has 35 heavy (non-hydrogen) atoms. The van der Waals surface area contributed by atoms with Crippen molar-refractivity contribution in [2.75, 3.05) is 13.2 Å². The number of carbonyl (C=O) groups excluding carboxylic acids is 1. The van der Waals surface area contributed by atoms with Crippen molar-refractivity contribution >= 4 is 18.5 Å². The molecule has 2 aromatic carbocycles. The molecule has 7 heteroatoms. The molecule has 0 saturated heterocycles. The minimum Gasteiger partial charge on any atom is -0.493 e. The molecule has 0 bridgehead atoms. The molecular weight excluding hydrogens is 466 g/mol. The number of rotatable bonds is 9. The summed E-state index contributed by atoms with van der Waals surface area (Å²) in [4.78, 5) is 11.8. The summed E-state index contributed by atoms with van der Waals surface area (Å²) >= 11 is 4.76. The Balaban J connectivity index is 1.41. The Labute approximate surface area is 212 Å². The first-order valence-electron chi connectivity index (χ1n) is 12.8. The molecule has 0 radical (unpaired) electrons. The number of ether oxygens (including phenoxy) is 1. The Bertz CT molecular complexity index is 992. The van der Waals surface area contributed by atoms with Crippen LogP contribution in [-0.2, 0) is 17.6 Å². The summed E-state index contributed by atoms with van der Waals surface area (Å²) in [7, 11) is 0. The fourth-order valence-corrected chi connectivity index (χ4v) is 5.73. The third-order valence-corrected chi connectivity index (χ3v) is 7.71. The molecule has 1 fully saturated rings. The molecule has 0 unspecified atom stereocenters. The van der Waals surface area contributed by atoms with Gasteiger partial charge in [-0.1, -0.05) is 44.2 Å². The second kappa shape index (κ2) is 12.2. The summed E-state index contributed by atoms with van der Waals surface area (Å²) in [5.41, 5.74) is 3.03. The van der Waals surface area contributed by atoms with Gasteiger partial charge >= 0.3 is 0 Å². The number of halogens is 2. The van der Waals surface area contributed by atoms with Gasteiger partial charge in [-0.2, -0.15) is 12.6 Å². The van der Waals surface area contributed by atoms with Crippen LogP contribution in [0.5, 0.6) is 5.75 Å². The van der Waals surface area contributed by atoms with E-state index in [1.807, 2.05) is 0 Å². The summed E-state index contributed by atoms with van der Waals surface area (Å²) in [5, 5.41) is 6.27. The molecule has 1 amide bonds. The highest BCUT2D eigenvalue weighted by Crippen LogP contribution is 2.35. The number of amides is 1. The monoisotopic (exact) mass is 502 g/mol. The average molecular weight is 503 g/mol. The van der Waals surface area contributed by atoms with E-state index < -0.39 is 11.6 Å². The largest absolute Gasteiger partial charge is 0.493 e. The second-order valence-electron chi connectivity index (χ2n) is 10.0. The molecule has 4 rings (SSSR count). The van der Waals surface area contributed by atoms with Crippen molar-refractivity contribution in [2.24, 2.45) is 5.92 Å². The van der Waals surface area contributed by atoms with E-state index in [4.69, 9.17) is 17.4 Å². The van der Waals surface area contributed by atoms with Gasteiger partial charge in [-0.25, -0.2) is 8.78 Å². The molecule has 2 N–H and O–H groups in total.